The smallest absolute Gasteiger partial charge is 0.191 e. The highest BCUT2D eigenvalue weighted by molar-refractivity contribution is 5.79. The molecule has 0 bridgehead atoms. The third-order valence-corrected chi connectivity index (χ3v) is 3.57. The summed E-state index contributed by atoms with van der Waals surface area (Å²) in [4.78, 5) is 4.50. The van der Waals surface area contributed by atoms with Gasteiger partial charge in [-0.2, -0.15) is 0 Å². The average molecular weight is 329 g/mol. The molecule has 1 aromatic heterocycles. The summed E-state index contributed by atoms with van der Waals surface area (Å²) in [7, 11) is 0. The van der Waals surface area contributed by atoms with E-state index >= 15 is 0 Å². The van der Waals surface area contributed by atoms with Crippen molar-refractivity contribution in [2.75, 3.05) is 19.7 Å². The Hall–Kier alpha value is -2.27. The van der Waals surface area contributed by atoms with E-state index in [9.17, 15) is 0 Å². The predicted octanol–water partition coefficient (Wildman–Crippen LogP) is 3.50. The fourth-order valence-electron chi connectivity index (χ4n) is 2.26. The van der Waals surface area contributed by atoms with Crippen LogP contribution in [0.2, 0.25) is 0 Å². The van der Waals surface area contributed by atoms with E-state index in [4.69, 9.17) is 9.15 Å². The Kier molecular flexibility index (Phi) is 7.90. The molecule has 2 N–H and O–H groups in total. The highest BCUT2D eigenvalue weighted by Crippen LogP contribution is 2.15. The number of ether oxygens (including phenoxy) is 1. The lowest BCUT2D eigenvalue weighted by Crippen LogP contribution is -2.38. The zero-order valence-electron chi connectivity index (χ0n) is 14.5. The van der Waals surface area contributed by atoms with E-state index in [0.29, 0.717) is 13.2 Å². The molecule has 0 aliphatic rings. The van der Waals surface area contributed by atoms with Gasteiger partial charge >= 0.3 is 0 Å². The van der Waals surface area contributed by atoms with Gasteiger partial charge in [-0.05, 0) is 38.0 Å². The number of guanidine groups is 1. The Morgan fingerprint density at radius 1 is 1.17 bits per heavy atom. The molecule has 0 spiro atoms. The van der Waals surface area contributed by atoms with Crippen LogP contribution < -0.4 is 10.6 Å². The van der Waals surface area contributed by atoms with Crippen LogP contribution in [-0.2, 0) is 11.3 Å². The lowest BCUT2D eigenvalue weighted by Gasteiger charge is -2.14. The van der Waals surface area contributed by atoms with Crippen LogP contribution in [-0.4, -0.2) is 25.7 Å². The van der Waals surface area contributed by atoms with Crippen LogP contribution in [0.1, 0.15) is 37.7 Å². The number of nitrogens with zero attached hydrogens (tertiary/aromatic N) is 1. The summed E-state index contributed by atoms with van der Waals surface area (Å²) in [5, 5.41) is 6.54. The van der Waals surface area contributed by atoms with Crippen molar-refractivity contribution in [1.82, 2.24) is 10.6 Å². The maximum absolute atomic E-state index is 5.87. The van der Waals surface area contributed by atoms with E-state index in [2.05, 4.69) is 41.6 Å². The van der Waals surface area contributed by atoms with Crippen LogP contribution in [0.3, 0.4) is 0 Å². The fraction of sp³-hybridized carbons (Fsp3) is 0.421. The number of benzene rings is 1. The third-order valence-electron chi connectivity index (χ3n) is 3.57. The summed E-state index contributed by atoms with van der Waals surface area (Å²) in [6.45, 7) is 7.01. The number of aliphatic imine (C=N–C) groups is 1. The van der Waals surface area contributed by atoms with Gasteiger partial charge in [-0.3, -0.25) is 0 Å². The molecule has 5 nitrogen and oxygen atoms in total. The second-order valence-corrected chi connectivity index (χ2v) is 5.48. The van der Waals surface area contributed by atoms with E-state index in [-0.39, 0.29) is 6.10 Å². The normalized spacial score (nSPS) is 12.8. The number of rotatable bonds is 9. The minimum atomic E-state index is 0.118. The van der Waals surface area contributed by atoms with Crippen molar-refractivity contribution >= 4 is 5.96 Å². The maximum Gasteiger partial charge on any atom is 0.191 e. The van der Waals surface area contributed by atoms with E-state index < -0.39 is 0 Å². The standard InChI is InChI=1S/C19H27N3O2/c1-3-20-19(22-15-18-11-7-13-24-18)21-12-8-14-23-16(2)17-9-5-4-6-10-17/h4-7,9-11,13,16H,3,8,12,14-15H2,1-2H3,(H2,20,21,22). The van der Waals surface area contributed by atoms with Crippen LogP contribution in [0, 0.1) is 0 Å². The summed E-state index contributed by atoms with van der Waals surface area (Å²) in [6.07, 6.45) is 2.70. The Morgan fingerprint density at radius 3 is 2.71 bits per heavy atom. The van der Waals surface area contributed by atoms with Crippen LogP contribution in [0.25, 0.3) is 0 Å². The molecule has 1 atom stereocenters. The molecule has 130 valence electrons. The Labute approximate surface area is 144 Å². The van der Waals surface area contributed by atoms with E-state index in [1.54, 1.807) is 6.26 Å². The van der Waals surface area contributed by atoms with Gasteiger partial charge in [0.25, 0.3) is 0 Å². The Bertz CT molecular complexity index is 582. The van der Waals surface area contributed by atoms with Gasteiger partial charge in [0.2, 0.25) is 0 Å². The van der Waals surface area contributed by atoms with Gasteiger partial charge in [0.05, 0.1) is 12.4 Å². The molecule has 24 heavy (non-hydrogen) atoms. The van der Waals surface area contributed by atoms with Crippen molar-refractivity contribution < 1.29 is 9.15 Å². The van der Waals surface area contributed by atoms with Gasteiger partial charge in [0, 0.05) is 19.7 Å². The molecule has 1 aromatic carbocycles. The van der Waals surface area contributed by atoms with Gasteiger partial charge in [-0.25, -0.2) is 4.99 Å². The van der Waals surface area contributed by atoms with Crippen LogP contribution >= 0.6 is 0 Å². The molecule has 1 unspecified atom stereocenters. The molecule has 0 saturated carbocycles. The minimum Gasteiger partial charge on any atom is -0.467 e. The molecular formula is C19H27N3O2. The molecule has 0 radical (unpaired) electrons. The largest absolute Gasteiger partial charge is 0.467 e. The molecule has 0 fully saturated rings. The Balaban J connectivity index is 1.66. The lowest BCUT2D eigenvalue weighted by atomic mass is 10.1. The average Bonchev–Trinajstić information content (AvgIpc) is 3.13. The van der Waals surface area contributed by atoms with Gasteiger partial charge < -0.3 is 19.8 Å². The van der Waals surface area contributed by atoms with E-state index in [1.165, 1.54) is 5.56 Å². The molecule has 2 aromatic rings. The molecule has 0 aliphatic heterocycles. The molecule has 0 saturated heterocycles. The summed E-state index contributed by atoms with van der Waals surface area (Å²) in [5.41, 5.74) is 1.21. The maximum atomic E-state index is 5.87. The van der Waals surface area contributed by atoms with Crippen molar-refractivity contribution in [3.63, 3.8) is 0 Å². The zero-order valence-corrected chi connectivity index (χ0v) is 14.5. The Morgan fingerprint density at radius 2 is 2.00 bits per heavy atom. The second-order valence-electron chi connectivity index (χ2n) is 5.48. The number of hydrogen-bond donors (Lipinski definition) is 2. The van der Waals surface area contributed by atoms with Gasteiger partial charge in [-0.1, -0.05) is 30.3 Å². The molecule has 1 heterocycles. The summed E-state index contributed by atoms with van der Waals surface area (Å²) < 4.78 is 11.2. The monoisotopic (exact) mass is 329 g/mol. The summed E-state index contributed by atoms with van der Waals surface area (Å²) in [5.74, 6) is 1.65. The third kappa shape index (κ3) is 6.46. The van der Waals surface area contributed by atoms with Crippen LogP contribution in [0.4, 0.5) is 0 Å². The second kappa shape index (κ2) is 10.5. The van der Waals surface area contributed by atoms with Crippen molar-refractivity contribution in [2.45, 2.75) is 32.9 Å². The summed E-state index contributed by atoms with van der Waals surface area (Å²) in [6, 6.07) is 14.1. The van der Waals surface area contributed by atoms with Crippen molar-refractivity contribution in [1.29, 1.82) is 0 Å². The zero-order chi connectivity index (χ0) is 17.0. The highest BCUT2D eigenvalue weighted by Gasteiger charge is 2.04. The minimum absolute atomic E-state index is 0.118. The fourth-order valence-corrected chi connectivity index (χ4v) is 2.26. The van der Waals surface area contributed by atoms with Gasteiger partial charge in [0.1, 0.15) is 12.3 Å². The van der Waals surface area contributed by atoms with Crippen molar-refractivity contribution in [2.24, 2.45) is 4.99 Å². The molecule has 2 rings (SSSR count). The highest BCUT2D eigenvalue weighted by atomic mass is 16.5. The molecule has 0 amide bonds. The first kappa shape index (κ1) is 18.1. The number of hydrogen-bond acceptors (Lipinski definition) is 3. The number of furan rings is 1. The van der Waals surface area contributed by atoms with E-state index in [1.807, 2.05) is 30.3 Å². The number of nitrogens with one attached hydrogen (secondary N) is 2. The topological polar surface area (TPSA) is 58.8 Å². The summed E-state index contributed by atoms with van der Waals surface area (Å²) >= 11 is 0. The van der Waals surface area contributed by atoms with Crippen molar-refractivity contribution in [3.8, 4) is 0 Å². The van der Waals surface area contributed by atoms with Gasteiger partial charge in [-0.15, -0.1) is 0 Å². The van der Waals surface area contributed by atoms with Crippen LogP contribution in [0.15, 0.2) is 58.1 Å². The SMILES string of the molecule is CCNC(=NCc1ccco1)NCCCOC(C)c1ccccc1. The molecule has 5 heteroatoms. The first-order valence-corrected chi connectivity index (χ1v) is 8.50. The first-order valence-electron chi connectivity index (χ1n) is 8.50. The molecule has 0 aliphatic carbocycles. The quantitative estimate of drug-likeness (QED) is 0.420. The first-order chi connectivity index (χ1) is 11.8. The van der Waals surface area contributed by atoms with E-state index in [0.717, 1.165) is 31.2 Å². The van der Waals surface area contributed by atoms with Crippen LogP contribution in [0.5, 0.6) is 0 Å². The van der Waals surface area contributed by atoms with Gasteiger partial charge in [0.15, 0.2) is 5.96 Å². The lowest BCUT2D eigenvalue weighted by molar-refractivity contribution is 0.0646. The molecular weight excluding hydrogens is 302 g/mol. The van der Waals surface area contributed by atoms with Crippen molar-refractivity contribution in [3.05, 3.63) is 60.1 Å². The predicted molar refractivity (Wildman–Crippen MR) is 97.0 cm³/mol.